The molecule has 1 aliphatic heterocycles. The average molecular weight is 474 g/mol. The molecule has 1 aromatic heterocycles. The van der Waals surface area contributed by atoms with E-state index in [0.29, 0.717) is 18.8 Å². The number of aryl methyl sites for hydroxylation is 1. The third kappa shape index (κ3) is 5.30. The Balaban J connectivity index is 1.36. The maximum Gasteiger partial charge on any atom is 0.270 e. The van der Waals surface area contributed by atoms with Crippen LogP contribution in [0.1, 0.15) is 21.5 Å². The Morgan fingerprint density at radius 1 is 1.09 bits per heavy atom. The standard InChI is InChI=1S/C21H23N5O4S2/c1-15-4-2-3-5-18(15)19(27)23-20-24-25-21(31-20)32(28,29)22-14-16-6-8-17(9-7-16)26-10-12-30-13-11-26/h2-9,22H,10-14H2,1H3,(H,23,24,27). The Hall–Kier alpha value is -2.86. The monoisotopic (exact) mass is 473 g/mol. The summed E-state index contributed by atoms with van der Waals surface area (Å²) in [5, 5.41) is 10.2. The summed E-state index contributed by atoms with van der Waals surface area (Å²) in [5.74, 6) is -0.364. The predicted molar refractivity (Wildman–Crippen MR) is 123 cm³/mol. The number of sulfonamides is 1. The lowest BCUT2D eigenvalue weighted by molar-refractivity contribution is 0.102. The van der Waals surface area contributed by atoms with E-state index in [1.807, 2.05) is 43.3 Å². The summed E-state index contributed by atoms with van der Waals surface area (Å²) in [5.41, 5.74) is 3.20. The molecule has 0 unspecified atom stereocenters. The number of morpholine rings is 1. The Bertz CT molecular complexity index is 1190. The zero-order chi connectivity index (χ0) is 22.6. The maximum atomic E-state index is 12.6. The summed E-state index contributed by atoms with van der Waals surface area (Å²) in [7, 11) is -3.86. The molecule has 1 aliphatic rings. The Morgan fingerprint density at radius 2 is 1.81 bits per heavy atom. The van der Waals surface area contributed by atoms with Crippen molar-refractivity contribution in [2.45, 2.75) is 17.8 Å². The smallest absolute Gasteiger partial charge is 0.270 e. The topological polar surface area (TPSA) is 114 Å². The van der Waals surface area contributed by atoms with Crippen molar-refractivity contribution in [2.24, 2.45) is 0 Å². The molecule has 168 valence electrons. The molecule has 2 heterocycles. The summed E-state index contributed by atoms with van der Waals surface area (Å²) >= 11 is 0.802. The van der Waals surface area contributed by atoms with Crippen LogP contribution in [0.15, 0.2) is 52.9 Å². The molecule has 0 radical (unpaired) electrons. The Labute approximate surface area is 190 Å². The third-order valence-electron chi connectivity index (χ3n) is 5.03. The first-order valence-electron chi connectivity index (χ1n) is 10.0. The van der Waals surface area contributed by atoms with E-state index in [9.17, 15) is 13.2 Å². The first-order valence-corrected chi connectivity index (χ1v) is 12.3. The zero-order valence-corrected chi connectivity index (χ0v) is 19.1. The molecule has 11 heteroatoms. The van der Waals surface area contributed by atoms with Crippen LogP contribution >= 0.6 is 11.3 Å². The number of benzene rings is 2. The van der Waals surface area contributed by atoms with Crippen molar-refractivity contribution in [2.75, 3.05) is 36.5 Å². The molecule has 32 heavy (non-hydrogen) atoms. The SMILES string of the molecule is Cc1ccccc1C(=O)Nc1nnc(S(=O)(=O)NCc2ccc(N3CCOCC3)cc2)s1. The van der Waals surface area contributed by atoms with E-state index in [1.165, 1.54) is 0 Å². The van der Waals surface area contributed by atoms with Crippen LogP contribution in [-0.4, -0.2) is 50.8 Å². The summed E-state index contributed by atoms with van der Waals surface area (Å²) in [6, 6.07) is 14.8. The van der Waals surface area contributed by atoms with Gasteiger partial charge in [0.2, 0.25) is 9.47 Å². The fourth-order valence-corrected chi connectivity index (χ4v) is 5.20. The van der Waals surface area contributed by atoms with Gasteiger partial charge >= 0.3 is 0 Å². The number of ether oxygens (including phenoxy) is 1. The summed E-state index contributed by atoms with van der Waals surface area (Å²) in [6.07, 6.45) is 0. The van der Waals surface area contributed by atoms with Crippen molar-refractivity contribution in [3.8, 4) is 0 Å². The molecular formula is C21H23N5O4S2. The molecule has 2 aromatic carbocycles. The number of hydrogen-bond donors (Lipinski definition) is 2. The highest BCUT2D eigenvalue weighted by molar-refractivity contribution is 7.91. The molecule has 0 saturated carbocycles. The van der Waals surface area contributed by atoms with Gasteiger partial charge in [-0.1, -0.05) is 41.7 Å². The van der Waals surface area contributed by atoms with Gasteiger partial charge < -0.3 is 9.64 Å². The van der Waals surface area contributed by atoms with Crippen LogP contribution in [0, 0.1) is 6.92 Å². The van der Waals surface area contributed by atoms with Crippen LogP contribution in [0.2, 0.25) is 0 Å². The van der Waals surface area contributed by atoms with Crippen molar-refractivity contribution in [1.82, 2.24) is 14.9 Å². The van der Waals surface area contributed by atoms with Crippen molar-refractivity contribution < 1.29 is 17.9 Å². The van der Waals surface area contributed by atoms with E-state index >= 15 is 0 Å². The van der Waals surface area contributed by atoms with Crippen LogP contribution in [0.3, 0.4) is 0 Å². The van der Waals surface area contributed by atoms with Crippen molar-refractivity contribution >= 4 is 38.1 Å². The minimum absolute atomic E-state index is 0.119. The zero-order valence-electron chi connectivity index (χ0n) is 17.4. The van der Waals surface area contributed by atoms with Gasteiger partial charge in [0.1, 0.15) is 0 Å². The van der Waals surface area contributed by atoms with Crippen molar-refractivity contribution in [3.05, 3.63) is 65.2 Å². The maximum absolute atomic E-state index is 12.6. The number of hydrogen-bond acceptors (Lipinski definition) is 8. The van der Waals surface area contributed by atoms with Crippen LogP contribution in [0.25, 0.3) is 0 Å². The van der Waals surface area contributed by atoms with Gasteiger partial charge in [-0.3, -0.25) is 10.1 Å². The molecule has 3 aromatic rings. The van der Waals surface area contributed by atoms with Gasteiger partial charge in [-0.05, 0) is 36.2 Å². The van der Waals surface area contributed by atoms with Crippen LogP contribution in [-0.2, 0) is 21.3 Å². The van der Waals surface area contributed by atoms with E-state index < -0.39 is 10.0 Å². The number of amides is 1. The molecule has 4 rings (SSSR count). The summed E-state index contributed by atoms with van der Waals surface area (Å²) in [6.45, 7) is 5.03. The number of aromatic nitrogens is 2. The second-order valence-corrected chi connectivity index (χ2v) is 10.2. The molecule has 1 fully saturated rings. The molecule has 2 N–H and O–H groups in total. The van der Waals surface area contributed by atoms with Gasteiger partial charge in [-0.15, -0.1) is 10.2 Å². The largest absolute Gasteiger partial charge is 0.378 e. The average Bonchev–Trinajstić information content (AvgIpc) is 3.28. The molecule has 0 bridgehead atoms. The first kappa shape index (κ1) is 22.3. The number of nitrogens with zero attached hydrogens (tertiary/aromatic N) is 3. The Kier molecular flexibility index (Phi) is 6.80. The third-order valence-corrected chi connectivity index (χ3v) is 7.63. The van der Waals surface area contributed by atoms with Crippen LogP contribution < -0.4 is 14.9 Å². The molecule has 0 spiro atoms. The van der Waals surface area contributed by atoms with E-state index in [0.717, 1.165) is 41.2 Å². The van der Waals surface area contributed by atoms with E-state index in [2.05, 4.69) is 25.1 Å². The van der Waals surface area contributed by atoms with Gasteiger partial charge in [0, 0.05) is 30.9 Å². The fraction of sp³-hybridized carbons (Fsp3) is 0.286. The van der Waals surface area contributed by atoms with E-state index in [-0.39, 0.29) is 21.9 Å². The van der Waals surface area contributed by atoms with Gasteiger partial charge in [0.25, 0.3) is 15.9 Å². The lowest BCUT2D eigenvalue weighted by Gasteiger charge is -2.28. The molecule has 1 amide bonds. The van der Waals surface area contributed by atoms with Crippen LogP contribution in [0.5, 0.6) is 0 Å². The lowest BCUT2D eigenvalue weighted by Crippen LogP contribution is -2.36. The summed E-state index contributed by atoms with van der Waals surface area (Å²) < 4.78 is 32.9. The summed E-state index contributed by atoms with van der Waals surface area (Å²) in [4.78, 5) is 14.6. The number of anilines is 2. The predicted octanol–water partition coefficient (Wildman–Crippen LogP) is 2.41. The van der Waals surface area contributed by atoms with Crippen LogP contribution in [0.4, 0.5) is 10.8 Å². The number of carbonyl (C=O) groups is 1. The molecule has 9 nitrogen and oxygen atoms in total. The molecule has 0 atom stereocenters. The lowest BCUT2D eigenvalue weighted by atomic mass is 10.1. The quantitative estimate of drug-likeness (QED) is 0.507. The van der Waals surface area contributed by atoms with Gasteiger partial charge in [-0.2, -0.15) is 0 Å². The highest BCUT2D eigenvalue weighted by Gasteiger charge is 2.21. The number of nitrogens with one attached hydrogen (secondary N) is 2. The fourth-order valence-electron chi connectivity index (χ4n) is 3.25. The first-order chi connectivity index (χ1) is 15.4. The number of carbonyl (C=O) groups excluding carboxylic acids is 1. The van der Waals surface area contributed by atoms with Gasteiger partial charge in [-0.25, -0.2) is 13.1 Å². The van der Waals surface area contributed by atoms with Gasteiger partial charge in [0.05, 0.1) is 13.2 Å². The molecular weight excluding hydrogens is 450 g/mol. The van der Waals surface area contributed by atoms with E-state index in [4.69, 9.17) is 4.74 Å². The second kappa shape index (κ2) is 9.74. The minimum atomic E-state index is -3.86. The van der Waals surface area contributed by atoms with Gasteiger partial charge in [0.15, 0.2) is 0 Å². The van der Waals surface area contributed by atoms with Crippen molar-refractivity contribution in [1.29, 1.82) is 0 Å². The highest BCUT2D eigenvalue weighted by atomic mass is 32.2. The minimum Gasteiger partial charge on any atom is -0.378 e. The molecule has 1 saturated heterocycles. The Morgan fingerprint density at radius 3 is 2.53 bits per heavy atom. The van der Waals surface area contributed by atoms with Crippen molar-refractivity contribution in [3.63, 3.8) is 0 Å². The second-order valence-electron chi connectivity index (χ2n) is 7.23. The normalized spacial score (nSPS) is 14.3. The molecule has 0 aliphatic carbocycles. The number of rotatable bonds is 7. The highest BCUT2D eigenvalue weighted by Crippen LogP contribution is 2.22. The van der Waals surface area contributed by atoms with E-state index in [1.54, 1.807) is 12.1 Å².